The van der Waals surface area contributed by atoms with Crippen molar-refractivity contribution in [2.24, 2.45) is 5.73 Å². The number of nitrogens with zero attached hydrogens (tertiary/aromatic N) is 2. The fourth-order valence-corrected chi connectivity index (χ4v) is 1.88. The van der Waals surface area contributed by atoms with Crippen molar-refractivity contribution >= 4 is 0 Å². The number of aromatic nitrogens is 2. The monoisotopic (exact) mass is 269 g/mol. The standard InChI is InChI=1S/C13H14F3N3/c14-13(15,16)12-7-18-19(9-12)8-11-4-2-1-3-10(11)5-6-17/h1-4,7,9H,5-6,8,17H2. The molecule has 3 nitrogen and oxygen atoms in total. The van der Waals surface area contributed by atoms with Crippen LogP contribution in [0.2, 0.25) is 0 Å². The number of hydrogen-bond donors (Lipinski definition) is 1. The molecule has 0 aliphatic heterocycles. The van der Waals surface area contributed by atoms with Crippen LogP contribution in [-0.2, 0) is 19.1 Å². The van der Waals surface area contributed by atoms with Gasteiger partial charge in [0.2, 0.25) is 0 Å². The van der Waals surface area contributed by atoms with Gasteiger partial charge in [0.1, 0.15) is 0 Å². The van der Waals surface area contributed by atoms with Gasteiger partial charge in [-0.15, -0.1) is 0 Å². The fraction of sp³-hybridized carbons (Fsp3) is 0.308. The molecule has 6 heteroatoms. The first kappa shape index (κ1) is 13.6. The van der Waals surface area contributed by atoms with Gasteiger partial charge in [0.05, 0.1) is 18.3 Å². The third-order valence-electron chi connectivity index (χ3n) is 2.82. The van der Waals surface area contributed by atoms with E-state index >= 15 is 0 Å². The van der Waals surface area contributed by atoms with Crippen molar-refractivity contribution in [1.29, 1.82) is 0 Å². The highest BCUT2D eigenvalue weighted by molar-refractivity contribution is 5.27. The molecule has 0 bridgehead atoms. The van der Waals surface area contributed by atoms with E-state index in [2.05, 4.69) is 5.10 Å². The zero-order valence-electron chi connectivity index (χ0n) is 10.2. The van der Waals surface area contributed by atoms with Crippen molar-refractivity contribution in [2.75, 3.05) is 6.54 Å². The van der Waals surface area contributed by atoms with E-state index in [0.717, 1.165) is 23.5 Å². The number of nitrogens with two attached hydrogens (primary N) is 1. The second-order valence-corrected chi connectivity index (χ2v) is 4.23. The summed E-state index contributed by atoms with van der Waals surface area (Å²) in [6.45, 7) is 0.816. The maximum atomic E-state index is 12.5. The molecular formula is C13H14F3N3. The van der Waals surface area contributed by atoms with Crippen molar-refractivity contribution in [2.45, 2.75) is 19.1 Å². The Labute approximate surface area is 108 Å². The van der Waals surface area contributed by atoms with Gasteiger partial charge in [-0.25, -0.2) is 0 Å². The Morgan fingerprint density at radius 3 is 2.42 bits per heavy atom. The van der Waals surface area contributed by atoms with Crippen LogP contribution in [0.25, 0.3) is 0 Å². The zero-order valence-corrected chi connectivity index (χ0v) is 10.2. The van der Waals surface area contributed by atoms with Crippen molar-refractivity contribution < 1.29 is 13.2 Å². The predicted octanol–water partition coefficient (Wildman–Crippen LogP) is 2.45. The second-order valence-electron chi connectivity index (χ2n) is 4.23. The lowest BCUT2D eigenvalue weighted by Gasteiger charge is -2.08. The number of rotatable bonds is 4. The van der Waals surface area contributed by atoms with E-state index in [1.807, 2.05) is 24.3 Å². The van der Waals surface area contributed by atoms with Gasteiger partial charge < -0.3 is 5.73 Å². The summed E-state index contributed by atoms with van der Waals surface area (Å²) >= 11 is 0. The SMILES string of the molecule is NCCc1ccccc1Cn1cc(C(F)(F)F)cn1. The summed E-state index contributed by atoms with van der Waals surface area (Å²) in [6.07, 6.45) is -1.80. The molecule has 1 aromatic heterocycles. The van der Waals surface area contributed by atoms with Gasteiger partial charge >= 0.3 is 6.18 Å². The first-order valence-electron chi connectivity index (χ1n) is 5.87. The summed E-state index contributed by atoms with van der Waals surface area (Å²) in [5.41, 5.74) is 6.75. The van der Waals surface area contributed by atoms with Crippen LogP contribution in [0.4, 0.5) is 13.2 Å². The largest absolute Gasteiger partial charge is 0.419 e. The molecule has 0 saturated heterocycles. The Morgan fingerprint density at radius 1 is 1.16 bits per heavy atom. The molecule has 2 rings (SSSR count). The molecule has 0 fully saturated rings. The van der Waals surface area contributed by atoms with Gasteiger partial charge in [-0.2, -0.15) is 18.3 Å². The highest BCUT2D eigenvalue weighted by Crippen LogP contribution is 2.28. The van der Waals surface area contributed by atoms with E-state index in [4.69, 9.17) is 5.73 Å². The third kappa shape index (κ3) is 3.35. The van der Waals surface area contributed by atoms with E-state index in [9.17, 15) is 13.2 Å². The molecule has 0 unspecified atom stereocenters. The lowest BCUT2D eigenvalue weighted by Crippen LogP contribution is -2.08. The van der Waals surface area contributed by atoms with Gasteiger partial charge in [-0.3, -0.25) is 4.68 Å². The van der Waals surface area contributed by atoms with Crippen LogP contribution in [0, 0.1) is 0 Å². The Kier molecular flexibility index (Phi) is 3.90. The van der Waals surface area contributed by atoms with Crippen molar-refractivity contribution in [3.8, 4) is 0 Å². The number of alkyl halides is 3. The summed E-state index contributed by atoms with van der Waals surface area (Å²) in [4.78, 5) is 0. The van der Waals surface area contributed by atoms with Gasteiger partial charge in [0.15, 0.2) is 0 Å². The lowest BCUT2D eigenvalue weighted by atomic mass is 10.0. The first-order chi connectivity index (χ1) is 9.00. The van der Waals surface area contributed by atoms with Crippen LogP contribution in [0.1, 0.15) is 16.7 Å². The molecule has 1 heterocycles. The Morgan fingerprint density at radius 2 is 1.84 bits per heavy atom. The molecular weight excluding hydrogens is 255 g/mol. The zero-order chi connectivity index (χ0) is 13.9. The molecule has 102 valence electrons. The van der Waals surface area contributed by atoms with E-state index in [1.165, 1.54) is 4.68 Å². The molecule has 0 spiro atoms. The average molecular weight is 269 g/mol. The van der Waals surface area contributed by atoms with Crippen LogP contribution in [0.15, 0.2) is 36.7 Å². The second kappa shape index (κ2) is 5.44. The van der Waals surface area contributed by atoms with Gasteiger partial charge in [-0.1, -0.05) is 24.3 Å². The molecule has 0 amide bonds. The van der Waals surface area contributed by atoms with E-state index in [0.29, 0.717) is 19.5 Å². The van der Waals surface area contributed by atoms with Crippen LogP contribution in [0.3, 0.4) is 0 Å². The smallest absolute Gasteiger partial charge is 0.330 e. The van der Waals surface area contributed by atoms with Crippen molar-refractivity contribution in [1.82, 2.24) is 9.78 Å². The van der Waals surface area contributed by atoms with Crippen molar-refractivity contribution in [3.05, 3.63) is 53.3 Å². The maximum Gasteiger partial charge on any atom is 0.419 e. The normalized spacial score (nSPS) is 11.8. The van der Waals surface area contributed by atoms with E-state index < -0.39 is 11.7 Å². The molecule has 2 N–H and O–H groups in total. The fourth-order valence-electron chi connectivity index (χ4n) is 1.88. The summed E-state index contributed by atoms with van der Waals surface area (Å²) in [7, 11) is 0. The molecule has 19 heavy (non-hydrogen) atoms. The van der Waals surface area contributed by atoms with E-state index in [1.54, 1.807) is 0 Å². The highest BCUT2D eigenvalue weighted by Gasteiger charge is 2.32. The summed E-state index contributed by atoms with van der Waals surface area (Å²) in [5.74, 6) is 0. The Balaban J connectivity index is 2.19. The van der Waals surface area contributed by atoms with E-state index in [-0.39, 0.29) is 0 Å². The van der Waals surface area contributed by atoms with Gasteiger partial charge in [-0.05, 0) is 24.1 Å². The maximum absolute atomic E-state index is 12.5. The minimum Gasteiger partial charge on any atom is -0.330 e. The number of hydrogen-bond acceptors (Lipinski definition) is 2. The van der Waals surface area contributed by atoms with Crippen LogP contribution >= 0.6 is 0 Å². The molecule has 0 aliphatic carbocycles. The molecule has 0 radical (unpaired) electrons. The van der Waals surface area contributed by atoms with Crippen LogP contribution in [-0.4, -0.2) is 16.3 Å². The van der Waals surface area contributed by atoms with Crippen LogP contribution < -0.4 is 5.73 Å². The number of benzene rings is 1. The molecule has 0 aliphatic rings. The number of halogens is 3. The Hall–Kier alpha value is -1.82. The summed E-state index contributed by atoms with van der Waals surface area (Å²) < 4.78 is 38.7. The minimum absolute atomic E-state index is 0.312. The summed E-state index contributed by atoms with van der Waals surface area (Å²) in [5, 5.41) is 3.74. The first-order valence-corrected chi connectivity index (χ1v) is 5.87. The lowest BCUT2D eigenvalue weighted by molar-refractivity contribution is -0.137. The topological polar surface area (TPSA) is 43.8 Å². The molecule has 0 atom stereocenters. The average Bonchev–Trinajstić information content (AvgIpc) is 2.80. The van der Waals surface area contributed by atoms with Crippen LogP contribution in [0.5, 0.6) is 0 Å². The minimum atomic E-state index is -4.35. The third-order valence-corrected chi connectivity index (χ3v) is 2.82. The Bertz CT molecular complexity index is 546. The summed E-state index contributed by atoms with van der Waals surface area (Å²) in [6, 6.07) is 7.54. The quantitative estimate of drug-likeness (QED) is 0.926. The predicted molar refractivity (Wildman–Crippen MR) is 65.5 cm³/mol. The molecule has 2 aromatic rings. The van der Waals surface area contributed by atoms with Gasteiger partial charge in [0.25, 0.3) is 0 Å². The molecule has 1 aromatic carbocycles. The van der Waals surface area contributed by atoms with Crippen molar-refractivity contribution in [3.63, 3.8) is 0 Å². The molecule has 0 saturated carbocycles. The highest BCUT2D eigenvalue weighted by atomic mass is 19.4. The van der Waals surface area contributed by atoms with Gasteiger partial charge in [0, 0.05) is 6.20 Å².